The molecule has 3 rings (SSSR count). The average molecular weight is 463 g/mol. The summed E-state index contributed by atoms with van der Waals surface area (Å²) in [7, 11) is -2.07. The Balaban J connectivity index is 2.12. The number of aliphatic hydroxyl groups excluding tert-OH is 1. The molecule has 2 amide bonds. The molecule has 1 aliphatic heterocycles. The van der Waals surface area contributed by atoms with E-state index in [0.717, 1.165) is 11.2 Å². The lowest BCUT2D eigenvalue weighted by Crippen LogP contribution is -2.36. The summed E-state index contributed by atoms with van der Waals surface area (Å²) in [5, 5.41) is 13.6. The molecule has 10 heteroatoms. The highest BCUT2D eigenvalue weighted by molar-refractivity contribution is 7.90. The molecule has 2 unspecified atom stereocenters. The number of benzene rings is 2. The molecule has 2 aromatic carbocycles. The number of ether oxygens (including phenoxy) is 2. The Morgan fingerprint density at radius 1 is 1.25 bits per heavy atom. The fourth-order valence-corrected chi connectivity index (χ4v) is 4.74. The summed E-state index contributed by atoms with van der Waals surface area (Å²) in [5.41, 5.74) is 1.14. The molecule has 0 saturated carbocycles. The van der Waals surface area contributed by atoms with Crippen LogP contribution in [0.3, 0.4) is 0 Å². The van der Waals surface area contributed by atoms with Crippen LogP contribution in [0.1, 0.15) is 47.6 Å². The minimum atomic E-state index is -3.56. The van der Waals surface area contributed by atoms with E-state index < -0.39 is 33.8 Å². The zero-order valence-electron chi connectivity index (χ0n) is 18.3. The van der Waals surface area contributed by atoms with E-state index in [1.54, 1.807) is 43.3 Å². The number of aliphatic hydroxyl groups is 1. The van der Waals surface area contributed by atoms with E-state index in [1.165, 1.54) is 14.0 Å². The molecule has 0 aromatic heterocycles. The summed E-state index contributed by atoms with van der Waals surface area (Å²) in [5.74, 6) is -0.526. The van der Waals surface area contributed by atoms with Crippen LogP contribution in [0, 0.1) is 0 Å². The van der Waals surface area contributed by atoms with Gasteiger partial charge in [-0.25, -0.2) is 8.42 Å². The van der Waals surface area contributed by atoms with Gasteiger partial charge in [-0.3, -0.25) is 9.59 Å². The lowest BCUT2D eigenvalue weighted by molar-refractivity contribution is -0.114. The monoisotopic (exact) mass is 462 g/mol. The lowest BCUT2D eigenvalue weighted by atomic mass is 10.1. The quantitative estimate of drug-likeness (QED) is 0.617. The topological polar surface area (TPSA) is 122 Å². The van der Waals surface area contributed by atoms with Crippen molar-refractivity contribution in [1.82, 2.24) is 4.90 Å². The predicted molar refractivity (Wildman–Crippen MR) is 118 cm³/mol. The first-order valence-electron chi connectivity index (χ1n) is 9.97. The molecule has 0 aliphatic carbocycles. The standard InChI is InChI=1S/C22H26N2O7S/c1-5-31-19-11-14(9-10-18(19)30-3)17(12-32(4,28)29)24-21(26)15-7-6-8-16(23-13(2)25)20(15)22(24)27/h6-11,17,21,26H,5,12H2,1-4H3,(H,23,25). The number of nitrogens with zero attached hydrogens (tertiary/aromatic N) is 1. The molecule has 9 nitrogen and oxygen atoms in total. The number of carbonyl (C=O) groups excluding carboxylic acids is 2. The van der Waals surface area contributed by atoms with Crippen LogP contribution < -0.4 is 14.8 Å². The highest BCUT2D eigenvalue weighted by Gasteiger charge is 2.43. The third kappa shape index (κ3) is 4.71. The second kappa shape index (κ2) is 9.17. The van der Waals surface area contributed by atoms with Gasteiger partial charge in [0, 0.05) is 18.7 Å². The number of carbonyl (C=O) groups is 2. The first kappa shape index (κ1) is 23.6. The fraction of sp³-hybridized carbons (Fsp3) is 0.364. The van der Waals surface area contributed by atoms with Gasteiger partial charge in [0.2, 0.25) is 5.91 Å². The fourth-order valence-electron chi connectivity index (χ4n) is 3.81. The van der Waals surface area contributed by atoms with Gasteiger partial charge >= 0.3 is 0 Å². The lowest BCUT2D eigenvalue weighted by Gasteiger charge is -2.31. The van der Waals surface area contributed by atoms with Crippen molar-refractivity contribution in [1.29, 1.82) is 0 Å². The van der Waals surface area contributed by atoms with Crippen molar-refractivity contribution in [3.05, 3.63) is 53.1 Å². The van der Waals surface area contributed by atoms with Gasteiger partial charge in [0.05, 0.1) is 36.8 Å². The van der Waals surface area contributed by atoms with Gasteiger partial charge in [-0.05, 0) is 30.7 Å². The molecule has 0 spiro atoms. The minimum Gasteiger partial charge on any atom is -0.493 e. The maximum atomic E-state index is 13.4. The van der Waals surface area contributed by atoms with Gasteiger partial charge in [-0.1, -0.05) is 18.2 Å². The third-order valence-corrected chi connectivity index (χ3v) is 5.99. The molecular formula is C22H26N2O7S. The Bertz CT molecular complexity index is 1150. The van der Waals surface area contributed by atoms with E-state index in [4.69, 9.17) is 9.47 Å². The molecule has 2 N–H and O–H groups in total. The number of nitrogens with one attached hydrogen (secondary N) is 1. The smallest absolute Gasteiger partial charge is 0.259 e. The first-order valence-corrected chi connectivity index (χ1v) is 12.0. The minimum absolute atomic E-state index is 0.132. The van der Waals surface area contributed by atoms with Crippen molar-refractivity contribution >= 4 is 27.3 Å². The molecule has 0 radical (unpaired) electrons. The third-order valence-electron chi connectivity index (χ3n) is 5.07. The summed E-state index contributed by atoms with van der Waals surface area (Å²) >= 11 is 0. The highest BCUT2D eigenvalue weighted by Crippen LogP contribution is 2.43. The molecule has 2 aromatic rings. The second-order valence-electron chi connectivity index (χ2n) is 7.49. The number of hydrogen-bond acceptors (Lipinski definition) is 7. The molecule has 0 fully saturated rings. The number of sulfone groups is 1. The molecule has 172 valence electrons. The van der Waals surface area contributed by atoms with Crippen LogP contribution in [0.2, 0.25) is 0 Å². The predicted octanol–water partition coefficient (Wildman–Crippen LogP) is 2.28. The summed E-state index contributed by atoms with van der Waals surface area (Å²) in [6, 6.07) is 8.59. The Kier molecular flexibility index (Phi) is 6.75. The SMILES string of the molecule is CCOc1cc(C(CS(C)(=O)=O)N2C(=O)c3c(NC(C)=O)cccc3C2O)ccc1OC. The molecule has 0 bridgehead atoms. The van der Waals surface area contributed by atoms with Crippen molar-refractivity contribution in [3.8, 4) is 11.5 Å². The van der Waals surface area contributed by atoms with E-state index in [2.05, 4.69) is 5.32 Å². The van der Waals surface area contributed by atoms with E-state index >= 15 is 0 Å². The number of methoxy groups -OCH3 is 1. The van der Waals surface area contributed by atoms with E-state index in [1.807, 2.05) is 0 Å². The summed E-state index contributed by atoms with van der Waals surface area (Å²) < 4.78 is 35.4. The number of amides is 2. The van der Waals surface area contributed by atoms with Crippen LogP contribution in [-0.2, 0) is 14.6 Å². The van der Waals surface area contributed by atoms with Crippen LogP contribution >= 0.6 is 0 Å². The van der Waals surface area contributed by atoms with Gasteiger partial charge in [0.15, 0.2) is 17.7 Å². The normalized spacial score (nSPS) is 16.5. The molecular weight excluding hydrogens is 436 g/mol. The molecule has 2 atom stereocenters. The number of fused-ring (bicyclic) bond motifs is 1. The van der Waals surface area contributed by atoms with Crippen molar-refractivity contribution in [3.63, 3.8) is 0 Å². The van der Waals surface area contributed by atoms with Crippen molar-refractivity contribution in [2.24, 2.45) is 0 Å². The van der Waals surface area contributed by atoms with Gasteiger partial charge in [-0.2, -0.15) is 0 Å². The highest BCUT2D eigenvalue weighted by atomic mass is 32.2. The summed E-state index contributed by atoms with van der Waals surface area (Å²) in [4.78, 5) is 26.1. The van der Waals surface area contributed by atoms with Crippen LogP contribution in [-0.4, -0.2) is 56.0 Å². The van der Waals surface area contributed by atoms with Crippen LogP contribution in [0.15, 0.2) is 36.4 Å². The van der Waals surface area contributed by atoms with Crippen LogP contribution in [0.25, 0.3) is 0 Å². The Morgan fingerprint density at radius 2 is 1.97 bits per heavy atom. The molecule has 1 aliphatic rings. The Labute approximate surface area is 186 Å². The second-order valence-corrected chi connectivity index (χ2v) is 9.67. The van der Waals surface area contributed by atoms with Crippen molar-refractivity contribution in [2.45, 2.75) is 26.1 Å². The average Bonchev–Trinajstić information content (AvgIpc) is 2.96. The van der Waals surface area contributed by atoms with E-state index in [-0.39, 0.29) is 17.2 Å². The maximum Gasteiger partial charge on any atom is 0.259 e. The Hall–Kier alpha value is -3.11. The van der Waals surface area contributed by atoms with Gasteiger partial charge in [0.1, 0.15) is 9.84 Å². The number of rotatable bonds is 8. The van der Waals surface area contributed by atoms with Gasteiger partial charge < -0.3 is 24.8 Å². The largest absolute Gasteiger partial charge is 0.493 e. The van der Waals surface area contributed by atoms with Crippen molar-refractivity contribution < 1.29 is 32.6 Å². The van der Waals surface area contributed by atoms with Gasteiger partial charge in [0.25, 0.3) is 5.91 Å². The first-order chi connectivity index (χ1) is 15.1. The molecule has 32 heavy (non-hydrogen) atoms. The van der Waals surface area contributed by atoms with E-state index in [0.29, 0.717) is 29.2 Å². The zero-order chi connectivity index (χ0) is 23.6. The van der Waals surface area contributed by atoms with Gasteiger partial charge in [-0.15, -0.1) is 0 Å². The zero-order valence-corrected chi connectivity index (χ0v) is 19.1. The maximum absolute atomic E-state index is 13.4. The van der Waals surface area contributed by atoms with Crippen LogP contribution in [0.5, 0.6) is 11.5 Å². The van der Waals surface area contributed by atoms with E-state index in [9.17, 15) is 23.1 Å². The summed E-state index contributed by atoms with van der Waals surface area (Å²) in [6.45, 7) is 3.47. The molecule has 0 saturated heterocycles. The number of hydrogen-bond donors (Lipinski definition) is 2. The Morgan fingerprint density at radius 3 is 2.56 bits per heavy atom. The number of anilines is 1. The van der Waals surface area contributed by atoms with Crippen molar-refractivity contribution in [2.75, 3.05) is 31.0 Å². The summed E-state index contributed by atoms with van der Waals surface area (Å²) in [6.07, 6.45) is -0.328. The van der Waals surface area contributed by atoms with Crippen LogP contribution in [0.4, 0.5) is 5.69 Å². The molecule has 1 heterocycles.